The molecule has 1 atom stereocenters. The summed E-state index contributed by atoms with van der Waals surface area (Å²) in [7, 11) is 0. The van der Waals surface area contributed by atoms with E-state index in [1.54, 1.807) is 0 Å². The highest BCUT2D eigenvalue weighted by Gasteiger charge is 2.29. The largest absolute Gasteiger partial charge is 0.355 e. The molecule has 0 saturated carbocycles. The molecule has 0 aromatic heterocycles. The van der Waals surface area contributed by atoms with Crippen molar-refractivity contribution in [3.8, 4) is 0 Å². The zero-order valence-corrected chi connectivity index (χ0v) is 14.4. The average Bonchev–Trinajstić information content (AvgIpc) is 2.53. The van der Waals surface area contributed by atoms with Crippen molar-refractivity contribution in [2.24, 2.45) is 5.92 Å². The molecule has 2 saturated heterocycles. The van der Waals surface area contributed by atoms with Crippen molar-refractivity contribution >= 4 is 5.91 Å². The van der Waals surface area contributed by atoms with Crippen LogP contribution in [0.25, 0.3) is 0 Å². The lowest BCUT2D eigenvalue weighted by molar-refractivity contribution is -0.128. The maximum Gasteiger partial charge on any atom is 0.237 e. The summed E-state index contributed by atoms with van der Waals surface area (Å²) in [5, 5.41) is 6.55. The van der Waals surface area contributed by atoms with Gasteiger partial charge in [0.1, 0.15) is 0 Å². The standard InChI is InChI=1S/C17H34N4O/c1-15(2)16(21-11-4-3-5-12-21)17(22)19-7-6-10-20-13-8-18-9-14-20/h15-16,18H,3-14H2,1-2H3,(H,19,22). The lowest BCUT2D eigenvalue weighted by Gasteiger charge is -2.36. The maximum absolute atomic E-state index is 12.6. The summed E-state index contributed by atoms with van der Waals surface area (Å²) in [5.41, 5.74) is 0. The minimum Gasteiger partial charge on any atom is -0.355 e. The number of amides is 1. The lowest BCUT2D eigenvalue weighted by Crippen LogP contribution is -2.52. The van der Waals surface area contributed by atoms with Crippen LogP contribution in [0.1, 0.15) is 39.5 Å². The van der Waals surface area contributed by atoms with Crippen LogP contribution in [-0.2, 0) is 4.79 Å². The van der Waals surface area contributed by atoms with Crippen molar-refractivity contribution in [3.05, 3.63) is 0 Å². The summed E-state index contributed by atoms with van der Waals surface area (Å²) in [6.07, 6.45) is 4.84. The molecule has 2 fully saturated rings. The molecule has 5 heteroatoms. The van der Waals surface area contributed by atoms with Gasteiger partial charge < -0.3 is 15.5 Å². The van der Waals surface area contributed by atoms with Gasteiger partial charge in [0, 0.05) is 32.7 Å². The van der Waals surface area contributed by atoms with E-state index in [1.165, 1.54) is 19.3 Å². The Morgan fingerprint density at radius 3 is 2.41 bits per heavy atom. The molecule has 22 heavy (non-hydrogen) atoms. The van der Waals surface area contributed by atoms with Gasteiger partial charge in [0.25, 0.3) is 0 Å². The van der Waals surface area contributed by atoms with E-state index in [0.717, 1.165) is 58.8 Å². The highest BCUT2D eigenvalue weighted by atomic mass is 16.2. The van der Waals surface area contributed by atoms with Gasteiger partial charge in [0.2, 0.25) is 5.91 Å². The summed E-state index contributed by atoms with van der Waals surface area (Å²) in [4.78, 5) is 17.4. The first kappa shape index (κ1) is 17.7. The molecule has 0 aliphatic carbocycles. The minimum absolute atomic E-state index is 0.0551. The number of nitrogens with one attached hydrogen (secondary N) is 2. The Balaban J connectivity index is 1.68. The van der Waals surface area contributed by atoms with Gasteiger partial charge in [-0.3, -0.25) is 9.69 Å². The van der Waals surface area contributed by atoms with Crippen molar-refractivity contribution < 1.29 is 4.79 Å². The monoisotopic (exact) mass is 310 g/mol. The molecule has 1 unspecified atom stereocenters. The number of carbonyl (C=O) groups is 1. The van der Waals surface area contributed by atoms with Crippen LogP contribution in [0, 0.1) is 5.92 Å². The molecule has 5 nitrogen and oxygen atoms in total. The number of likely N-dealkylation sites (tertiary alicyclic amines) is 1. The first-order valence-corrected chi connectivity index (χ1v) is 9.13. The Hall–Kier alpha value is -0.650. The number of piperidine rings is 1. The van der Waals surface area contributed by atoms with Gasteiger partial charge >= 0.3 is 0 Å². The van der Waals surface area contributed by atoms with E-state index < -0.39 is 0 Å². The molecule has 2 N–H and O–H groups in total. The number of piperazine rings is 1. The number of carbonyl (C=O) groups excluding carboxylic acids is 1. The van der Waals surface area contributed by atoms with Crippen molar-refractivity contribution in [2.45, 2.75) is 45.6 Å². The second kappa shape index (κ2) is 9.48. The molecule has 2 rings (SSSR count). The first-order valence-electron chi connectivity index (χ1n) is 9.13. The Bertz CT molecular complexity index is 323. The van der Waals surface area contributed by atoms with Gasteiger partial charge in [-0.05, 0) is 44.8 Å². The third-order valence-electron chi connectivity index (χ3n) is 4.84. The van der Waals surface area contributed by atoms with E-state index >= 15 is 0 Å². The Labute approximate surface area is 135 Å². The quantitative estimate of drug-likeness (QED) is 0.686. The number of rotatable bonds is 7. The van der Waals surface area contributed by atoms with Crippen LogP contribution < -0.4 is 10.6 Å². The number of hydrogen-bond acceptors (Lipinski definition) is 4. The molecule has 2 aliphatic heterocycles. The fourth-order valence-corrected chi connectivity index (χ4v) is 3.64. The molecule has 0 aromatic rings. The molecule has 0 radical (unpaired) electrons. The van der Waals surface area contributed by atoms with E-state index in [-0.39, 0.29) is 11.9 Å². The topological polar surface area (TPSA) is 47.6 Å². The summed E-state index contributed by atoms with van der Waals surface area (Å²) >= 11 is 0. The Morgan fingerprint density at radius 1 is 1.09 bits per heavy atom. The van der Waals surface area contributed by atoms with Gasteiger partial charge in [-0.1, -0.05) is 20.3 Å². The molecule has 1 amide bonds. The molecule has 2 aliphatic rings. The fraction of sp³-hybridized carbons (Fsp3) is 0.941. The van der Waals surface area contributed by atoms with E-state index in [4.69, 9.17) is 0 Å². The second-order valence-corrected chi connectivity index (χ2v) is 7.02. The normalized spacial score (nSPS) is 22.7. The zero-order chi connectivity index (χ0) is 15.8. The van der Waals surface area contributed by atoms with Crippen molar-refractivity contribution in [1.82, 2.24) is 20.4 Å². The van der Waals surface area contributed by atoms with Crippen LogP contribution in [0.15, 0.2) is 0 Å². The van der Waals surface area contributed by atoms with Crippen LogP contribution in [0.4, 0.5) is 0 Å². The molecule has 0 spiro atoms. The molecular weight excluding hydrogens is 276 g/mol. The summed E-state index contributed by atoms with van der Waals surface area (Å²) in [6, 6.07) is 0.0551. The minimum atomic E-state index is 0.0551. The first-order chi connectivity index (χ1) is 10.7. The summed E-state index contributed by atoms with van der Waals surface area (Å²) in [5.74, 6) is 0.614. The van der Waals surface area contributed by atoms with Crippen molar-refractivity contribution in [3.63, 3.8) is 0 Å². The molecular formula is C17H34N4O. The van der Waals surface area contributed by atoms with E-state index in [1.807, 2.05) is 0 Å². The van der Waals surface area contributed by atoms with Gasteiger partial charge in [0.05, 0.1) is 6.04 Å². The number of nitrogens with zero attached hydrogens (tertiary/aromatic N) is 2. The van der Waals surface area contributed by atoms with Gasteiger partial charge in [-0.15, -0.1) is 0 Å². The zero-order valence-electron chi connectivity index (χ0n) is 14.4. The SMILES string of the molecule is CC(C)C(C(=O)NCCCN1CCNCC1)N1CCCCC1. The van der Waals surface area contributed by atoms with Crippen molar-refractivity contribution in [2.75, 3.05) is 52.4 Å². The van der Waals surface area contributed by atoms with E-state index in [9.17, 15) is 4.79 Å². The van der Waals surface area contributed by atoms with E-state index in [0.29, 0.717) is 5.92 Å². The summed E-state index contributed by atoms with van der Waals surface area (Å²) < 4.78 is 0. The molecule has 128 valence electrons. The second-order valence-electron chi connectivity index (χ2n) is 7.02. The third-order valence-corrected chi connectivity index (χ3v) is 4.84. The van der Waals surface area contributed by atoms with Crippen molar-refractivity contribution in [1.29, 1.82) is 0 Å². The predicted molar refractivity (Wildman–Crippen MR) is 91.0 cm³/mol. The van der Waals surface area contributed by atoms with Gasteiger partial charge in [0.15, 0.2) is 0 Å². The van der Waals surface area contributed by atoms with Crippen LogP contribution in [0.3, 0.4) is 0 Å². The third kappa shape index (κ3) is 5.52. The fourth-order valence-electron chi connectivity index (χ4n) is 3.64. The molecule has 0 bridgehead atoms. The maximum atomic E-state index is 12.6. The predicted octanol–water partition coefficient (Wildman–Crippen LogP) is 0.908. The highest BCUT2D eigenvalue weighted by molar-refractivity contribution is 5.82. The van der Waals surface area contributed by atoms with Gasteiger partial charge in [-0.25, -0.2) is 0 Å². The Kier molecular flexibility index (Phi) is 7.63. The number of hydrogen-bond donors (Lipinski definition) is 2. The van der Waals surface area contributed by atoms with E-state index in [2.05, 4.69) is 34.3 Å². The average molecular weight is 310 g/mol. The van der Waals surface area contributed by atoms with Crippen LogP contribution >= 0.6 is 0 Å². The summed E-state index contributed by atoms with van der Waals surface area (Å²) in [6.45, 7) is 12.9. The smallest absolute Gasteiger partial charge is 0.237 e. The molecule has 0 aromatic carbocycles. The lowest BCUT2D eigenvalue weighted by atomic mass is 9.98. The van der Waals surface area contributed by atoms with Crippen LogP contribution in [0.5, 0.6) is 0 Å². The van der Waals surface area contributed by atoms with Crippen LogP contribution in [-0.4, -0.2) is 74.1 Å². The van der Waals surface area contributed by atoms with Gasteiger partial charge in [-0.2, -0.15) is 0 Å². The molecule has 2 heterocycles. The Morgan fingerprint density at radius 2 is 1.77 bits per heavy atom. The van der Waals surface area contributed by atoms with Crippen LogP contribution in [0.2, 0.25) is 0 Å². The highest BCUT2D eigenvalue weighted by Crippen LogP contribution is 2.17.